The lowest BCUT2D eigenvalue weighted by atomic mass is 9.85. The summed E-state index contributed by atoms with van der Waals surface area (Å²) in [5.74, 6) is -2.19. The topological polar surface area (TPSA) is 78.9 Å². The predicted molar refractivity (Wildman–Crippen MR) is 94.9 cm³/mol. The Balaban J connectivity index is 2.46. The van der Waals surface area contributed by atoms with Gasteiger partial charge in [0.2, 0.25) is 0 Å². The van der Waals surface area contributed by atoms with Gasteiger partial charge in [0, 0.05) is 23.1 Å². The van der Waals surface area contributed by atoms with Gasteiger partial charge in [-0.25, -0.2) is 14.4 Å². The third kappa shape index (κ3) is 4.31. The predicted octanol–water partition coefficient (Wildman–Crippen LogP) is 2.80. The van der Waals surface area contributed by atoms with Crippen LogP contribution in [0.4, 0.5) is 0 Å². The number of ether oxygens (including phenoxy) is 3. The molecule has 1 aliphatic heterocycles. The molecule has 6 nitrogen and oxygen atoms in total. The molecule has 26 heavy (non-hydrogen) atoms. The van der Waals surface area contributed by atoms with Crippen LogP contribution in [-0.2, 0) is 28.6 Å². The molecular weight excluding hydrogens is 336 g/mol. The molecule has 0 aromatic carbocycles. The Morgan fingerprint density at radius 2 is 2.04 bits per heavy atom. The fourth-order valence-corrected chi connectivity index (χ4v) is 3.10. The fraction of sp³-hybridized carbons (Fsp3) is 0.450. The van der Waals surface area contributed by atoms with Crippen molar-refractivity contribution in [1.82, 2.24) is 0 Å². The molecule has 0 N–H and O–H groups in total. The Hall–Kier alpha value is -2.63. The lowest BCUT2D eigenvalue weighted by molar-refractivity contribution is -0.148. The van der Waals surface area contributed by atoms with Crippen LogP contribution in [0.1, 0.15) is 33.1 Å². The van der Waals surface area contributed by atoms with E-state index in [2.05, 4.69) is 13.2 Å². The van der Waals surface area contributed by atoms with E-state index in [4.69, 9.17) is 14.2 Å². The second-order valence-electron chi connectivity index (χ2n) is 6.62. The number of allylic oxidation sites excluding steroid dienone is 2. The fourth-order valence-electron chi connectivity index (χ4n) is 3.10. The second kappa shape index (κ2) is 8.17. The van der Waals surface area contributed by atoms with Crippen LogP contribution in [0.25, 0.3) is 0 Å². The minimum absolute atomic E-state index is 0.107. The molecular formula is C20H24O6. The molecule has 0 saturated carbocycles. The summed E-state index contributed by atoms with van der Waals surface area (Å²) in [4.78, 5) is 36.3. The molecule has 3 atom stereocenters. The van der Waals surface area contributed by atoms with E-state index in [-0.39, 0.29) is 17.6 Å². The molecule has 6 heteroatoms. The van der Waals surface area contributed by atoms with Gasteiger partial charge in [-0.1, -0.05) is 24.8 Å². The van der Waals surface area contributed by atoms with Crippen LogP contribution in [0.5, 0.6) is 0 Å². The van der Waals surface area contributed by atoms with Crippen molar-refractivity contribution in [3.63, 3.8) is 0 Å². The highest BCUT2D eigenvalue weighted by molar-refractivity contribution is 5.92. The third-order valence-corrected chi connectivity index (χ3v) is 4.52. The van der Waals surface area contributed by atoms with E-state index < -0.39 is 36.0 Å². The molecule has 0 radical (unpaired) electrons. The van der Waals surface area contributed by atoms with Crippen LogP contribution in [0, 0.1) is 5.92 Å². The molecule has 2 aliphatic rings. The zero-order valence-corrected chi connectivity index (χ0v) is 15.4. The van der Waals surface area contributed by atoms with Crippen LogP contribution < -0.4 is 0 Å². The monoisotopic (exact) mass is 360 g/mol. The van der Waals surface area contributed by atoms with Gasteiger partial charge < -0.3 is 14.2 Å². The van der Waals surface area contributed by atoms with Crippen molar-refractivity contribution >= 4 is 17.9 Å². The Labute approximate surface area is 153 Å². The quantitative estimate of drug-likeness (QED) is 0.333. The van der Waals surface area contributed by atoms with Crippen molar-refractivity contribution in [3.05, 3.63) is 47.6 Å². The molecule has 140 valence electrons. The first-order chi connectivity index (χ1) is 12.2. The molecule has 1 fully saturated rings. The number of methoxy groups -OCH3 is 1. The van der Waals surface area contributed by atoms with Crippen LogP contribution in [0.3, 0.4) is 0 Å². The number of carbonyl (C=O) groups excluding carboxylic acids is 3. The Bertz CT molecular complexity index is 712. The van der Waals surface area contributed by atoms with Gasteiger partial charge in [0.15, 0.2) is 0 Å². The average Bonchev–Trinajstić information content (AvgIpc) is 2.85. The Morgan fingerprint density at radius 1 is 1.35 bits per heavy atom. The van der Waals surface area contributed by atoms with E-state index in [0.717, 1.165) is 5.57 Å². The van der Waals surface area contributed by atoms with Crippen LogP contribution in [0.15, 0.2) is 47.6 Å². The Morgan fingerprint density at radius 3 is 2.65 bits per heavy atom. The molecule has 0 spiro atoms. The summed E-state index contributed by atoms with van der Waals surface area (Å²) < 4.78 is 15.8. The highest BCUT2D eigenvalue weighted by Crippen LogP contribution is 2.36. The van der Waals surface area contributed by atoms with Gasteiger partial charge in [-0.3, -0.25) is 0 Å². The summed E-state index contributed by atoms with van der Waals surface area (Å²) in [5, 5.41) is 0. The van der Waals surface area contributed by atoms with E-state index >= 15 is 0 Å². The van der Waals surface area contributed by atoms with Crippen molar-refractivity contribution in [2.75, 3.05) is 7.11 Å². The minimum Gasteiger partial charge on any atom is -0.466 e. The zero-order valence-electron chi connectivity index (χ0n) is 15.4. The molecule has 0 aromatic heterocycles. The zero-order chi connectivity index (χ0) is 19.4. The number of rotatable bonds is 3. The molecule has 0 bridgehead atoms. The lowest BCUT2D eigenvalue weighted by Crippen LogP contribution is -2.34. The highest BCUT2D eigenvalue weighted by atomic mass is 16.6. The highest BCUT2D eigenvalue weighted by Gasteiger charge is 2.45. The number of esters is 3. The van der Waals surface area contributed by atoms with E-state index in [1.807, 2.05) is 13.0 Å². The Kier molecular flexibility index (Phi) is 6.18. The van der Waals surface area contributed by atoms with Crippen LogP contribution in [-0.4, -0.2) is 37.2 Å². The van der Waals surface area contributed by atoms with Crippen LogP contribution >= 0.6 is 0 Å². The van der Waals surface area contributed by atoms with Gasteiger partial charge in [0.05, 0.1) is 13.0 Å². The lowest BCUT2D eigenvalue weighted by Gasteiger charge is -2.27. The largest absolute Gasteiger partial charge is 0.466 e. The van der Waals surface area contributed by atoms with Crippen molar-refractivity contribution in [3.8, 4) is 0 Å². The number of hydrogen-bond donors (Lipinski definition) is 0. The number of hydrogen-bond acceptors (Lipinski definition) is 6. The maximum Gasteiger partial charge on any atom is 0.334 e. The summed E-state index contributed by atoms with van der Waals surface area (Å²) in [7, 11) is 1.30. The van der Waals surface area contributed by atoms with Crippen molar-refractivity contribution in [2.24, 2.45) is 5.92 Å². The second-order valence-corrected chi connectivity index (χ2v) is 6.62. The van der Waals surface area contributed by atoms with E-state index in [9.17, 15) is 14.4 Å². The van der Waals surface area contributed by atoms with Gasteiger partial charge in [-0.15, -0.1) is 0 Å². The molecule has 2 rings (SSSR count). The molecule has 1 aliphatic carbocycles. The van der Waals surface area contributed by atoms with Crippen molar-refractivity contribution < 1.29 is 28.6 Å². The molecule has 1 heterocycles. The first kappa shape index (κ1) is 19.7. The molecule has 0 aromatic rings. The van der Waals surface area contributed by atoms with Gasteiger partial charge in [0.25, 0.3) is 0 Å². The first-order valence-corrected chi connectivity index (χ1v) is 8.45. The number of carbonyl (C=O) groups is 3. The van der Waals surface area contributed by atoms with Crippen molar-refractivity contribution in [1.29, 1.82) is 0 Å². The summed E-state index contributed by atoms with van der Waals surface area (Å²) in [6.45, 7) is 10.9. The SMILES string of the molecule is C=C(C)C(=O)OC1CC(C(=O)OC)=CCCC(C)=CC2OC(=O)C(=C)C21. The van der Waals surface area contributed by atoms with E-state index in [0.29, 0.717) is 18.4 Å². The average molecular weight is 360 g/mol. The van der Waals surface area contributed by atoms with Gasteiger partial charge >= 0.3 is 17.9 Å². The first-order valence-electron chi connectivity index (χ1n) is 8.45. The standard InChI is InChI=1S/C20H24O6/c1-11(2)18(21)25-16-10-14(20(23)24-5)8-6-7-12(3)9-15-17(16)13(4)19(22)26-15/h8-9,15-17H,1,4,6-7,10H2,2-3,5H3. The van der Waals surface area contributed by atoms with Crippen molar-refractivity contribution in [2.45, 2.75) is 45.3 Å². The van der Waals surface area contributed by atoms with Gasteiger partial charge in [-0.2, -0.15) is 0 Å². The summed E-state index contributed by atoms with van der Waals surface area (Å²) in [5.41, 5.74) is 1.86. The maximum atomic E-state index is 12.1. The van der Waals surface area contributed by atoms with Crippen LogP contribution in [0.2, 0.25) is 0 Å². The van der Waals surface area contributed by atoms with E-state index in [1.165, 1.54) is 14.0 Å². The molecule has 3 unspecified atom stereocenters. The summed E-state index contributed by atoms with van der Waals surface area (Å²) in [6, 6.07) is 0. The maximum absolute atomic E-state index is 12.1. The third-order valence-electron chi connectivity index (χ3n) is 4.52. The minimum atomic E-state index is -0.796. The smallest absolute Gasteiger partial charge is 0.334 e. The summed E-state index contributed by atoms with van der Waals surface area (Å²) in [6.07, 6.45) is 3.70. The molecule has 1 saturated heterocycles. The number of fused-ring (bicyclic) bond motifs is 1. The normalized spacial score (nSPS) is 26.0. The van der Waals surface area contributed by atoms with E-state index in [1.54, 1.807) is 6.08 Å². The summed E-state index contributed by atoms with van der Waals surface area (Å²) >= 11 is 0. The molecule has 0 amide bonds. The van der Waals surface area contributed by atoms with Gasteiger partial charge in [0.1, 0.15) is 12.2 Å². The van der Waals surface area contributed by atoms with Gasteiger partial charge in [-0.05, 0) is 32.8 Å².